The highest BCUT2D eigenvalue weighted by atomic mass is 32.2. The van der Waals surface area contributed by atoms with Crippen molar-refractivity contribution < 1.29 is 0 Å². The summed E-state index contributed by atoms with van der Waals surface area (Å²) in [7, 11) is 0. The van der Waals surface area contributed by atoms with E-state index in [0.29, 0.717) is 6.04 Å². The van der Waals surface area contributed by atoms with Crippen LogP contribution in [0.15, 0.2) is 42.7 Å². The van der Waals surface area contributed by atoms with E-state index in [2.05, 4.69) is 46.4 Å². The normalized spacial score (nSPS) is 16.4. The van der Waals surface area contributed by atoms with Gasteiger partial charge in [-0.15, -0.1) is 0 Å². The van der Waals surface area contributed by atoms with E-state index in [4.69, 9.17) is 0 Å². The summed E-state index contributed by atoms with van der Waals surface area (Å²) in [6.07, 6.45) is 6.37. The number of thioether (sulfide) groups is 1. The Kier molecular flexibility index (Phi) is 4.08. The molecule has 0 unspecified atom stereocenters. The smallest absolute Gasteiger partial charge is 0.0679 e. The number of nitrogens with one attached hydrogen (secondary N) is 1. The van der Waals surface area contributed by atoms with E-state index < -0.39 is 0 Å². The zero-order valence-electron chi connectivity index (χ0n) is 11.0. The number of hydrogen-bond donors (Lipinski definition) is 1. The Hall–Kier alpha value is -1.42. The van der Waals surface area contributed by atoms with Crippen molar-refractivity contribution in [2.75, 3.05) is 16.8 Å². The molecule has 0 aliphatic carbocycles. The van der Waals surface area contributed by atoms with Gasteiger partial charge in [0.1, 0.15) is 0 Å². The molecule has 1 aromatic carbocycles. The van der Waals surface area contributed by atoms with Crippen LogP contribution in [0.25, 0.3) is 0 Å². The summed E-state index contributed by atoms with van der Waals surface area (Å²) in [5.41, 5.74) is 2.57. The van der Waals surface area contributed by atoms with Crippen LogP contribution in [0.1, 0.15) is 18.4 Å². The molecule has 3 nitrogen and oxygen atoms in total. The molecule has 0 amide bonds. The van der Waals surface area contributed by atoms with Crippen LogP contribution in [0.5, 0.6) is 0 Å². The van der Waals surface area contributed by atoms with Gasteiger partial charge in [0.2, 0.25) is 0 Å². The molecule has 19 heavy (non-hydrogen) atoms. The first kappa shape index (κ1) is 12.6. The fourth-order valence-corrected chi connectivity index (χ4v) is 3.54. The van der Waals surface area contributed by atoms with E-state index in [0.717, 1.165) is 6.54 Å². The van der Waals surface area contributed by atoms with E-state index >= 15 is 0 Å². The summed E-state index contributed by atoms with van der Waals surface area (Å²) in [5, 5.41) is 7.99. The van der Waals surface area contributed by atoms with Crippen LogP contribution in [0.2, 0.25) is 0 Å². The first-order chi connectivity index (χ1) is 9.42. The van der Waals surface area contributed by atoms with Crippen LogP contribution >= 0.6 is 11.8 Å². The number of anilines is 1. The maximum Gasteiger partial charge on any atom is 0.0679 e. The van der Waals surface area contributed by atoms with Crippen molar-refractivity contribution in [2.24, 2.45) is 0 Å². The second-order valence-corrected chi connectivity index (χ2v) is 6.12. The maximum absolute atomic E-state index is 4.29. The molecule has 100 valence electrons. The first-order valence-electron chi connectivity index (χ1n) is 6.81. The molecular formula is C15H19N3S. The molecule has 1 saturated heterocycles. The lowest BCUT2D eigenvalue weighted by Gasteiger charge is -2.25. The van der Waals surface area contributed by atoms with Crippen LogP contribution < -0.4 is 5.32 Å². The molecule has 1 aliphatic rings. The van der Waals surface area contributed by atoms with Gasteiger partial charge in [-0.2, -0.15) is 16.9 Å². The number of nitrogens with zero attached hydrogens (tertiary/aromatic N) is 2. The predicted molar refractivity (Wildman–Crippen MR) is 81.7 cm³/mol. The standard InChI is InChI=1S/C15H19N3S/c1-2-5-15(17-14-6-10-19-11-7-14)13(4-1)12-18-9-3-8-16-18/h1-5,8-9,14,17H,6-7,10-12H2. The van der Waals surface area contributed by atoms with Crippen LogP contribution in [-0.4, -0.2) is 27.3 Å². The van der Waals surface area contributed by atoms with Crippen molar-refractivity contribution in [1.82, 2.24) is 9.78 Å². The van der Waals surface area contributed by atoms with Gasteiger partial charge in [-0.1, -0.05) is 18.2 Å². The molecule has 0 bridgehead atoms. The number of aromatic nitrogens is 2. The van der Waals surface area contributed by atoms with Gasteiger partial charge in [-0.05, 0) is 42.0 Å². The summed E-state index contributed by atoms with van der Waals surface area (Å²) in [6, 6.07) is 11.2. The molecule has 2 aromatic rings. The number of rotatable bonds is 4. The minimum atomic E-state index is 0.625. The van der Waals surface area contributed by atoms with Gasteiger partial charge in [-0.3, -0.25) is 4.68 Å². The molecule has 4 heteroatoms. The van der Waals surface area contributed by atoms with E-state index in [1.54, 1.807) is 0 Å². The van der Waals surface area contributed by atoms with Gasteiger partial charge >= 0.3 is 0 Å². The number of benzene rings is 1. The second-order valence-electron chi connectivity index (χ2n) is 4.89. The van der Waals surface area contributed by atoms with Crippen molar-refractivity contribution in [2.45, 2.75) is 25.4 Å². The highest BCUT2D eigenvalue weighted by Crippen LogP contribution is 2.23. The third-order valence-electron chi connectivity index (χ3n) is 3.49. The molecule has 1 fully saturated rings. The van der Waals surface area contributed by atoms with Crippen molar-refractivity contribution in [3.8, 4) is 0 Å². The van der Waals surface area contributed by atoms with Crippen LogP contribution in [-0.2, 0) is 6.54 Å². The van der Waals surface area contributed by atoms with E-state index in [1.165, 1.54) is 35.6 Å². The lowest BCUT2D eigenvalue weighted by Crippen LogP contribution is -2.25. The maximum atomic E-state index is 4.29. The molecule has 0 spiro atoms. The first-order valence-corrected chi connectivity index (χ1v) is 7.97. The zero-order valence-corrected chi connectivity index (χ0v) is 11.8. The summed E-state index contributed by atoms with van der Waals surface area (Å²) >= 11 is 2.06. The molecule has 1 aromatic heterocycles. The minimum Gasteiger partial charge on any atom is -0.382 e. The summed E-state index contributed by atoms with van der Waals surface area (Å²) in [5.74, 6) is 2.55. The number of para-hydroxylation sites is 1. The summed E-state index contributed by atoms with van der Waals surface area (Å²) in [4.78, 5) is 0. The average Bonchev–Trinajstić information content (AvgIpc) is 2.95. The molecule has 1 N–H and O–H groups in total. The minimum absolute atomic E-state index is 0.625. The Morgan fingerprint density at radius 2 is 2.05 bits per heavy atom. The largest absolute Gasteiger partial charge is 0.382 e. The summed E-state index contributed by atoms with van der Waals surface area (Å²) < 4.78 is 1.97. The third-order valence-corrected chi connectivity index (χ3v) is 4.54. The molecule has 0 atom stereocenters. The van der Waals surface area contributed by atoms with Gasteiger partial charge in [0, 0.05) is 24.1 Å². The molecule has 1 aliphatic heterocycles. The van der Waals surface area contributed by atoms with Gasteiger partial charge in [-0.25, -0.2) is 0 Å². The van der Waals surface area contributed by atoms with Crippen LogP contribution in [0.3, 0.4) is 0 Å². The fraction of sp³-hybridized carbons (Fsp3) is 0.400. The van der Waals surface area contributed by atoms with Crippen molar-refractivity contribution in [1.29, 1.82) is 0 Å². The van der Waals surface area contributed by atoms with Crippen molar-refractivity contribution >= 4 is 17.4 Å². The molecule has 0 saturated carbocycles. The number of hydrogen-bond acceptors (Lipinski definition) is 3. The Bertz CT molecular complexity index is 504. The van der Waals surface area contributed by atoms with Crippen LogP contribution in [0, 0.1) is 0 Å². The Balaban J connectivity index is 1.73. The van der Waals surface area contributed by atoms with Crippen LogP contribution in [0.4, 0.5) is 5.69 Å². The van der Waals surface area contributed by atoms with Gasteiger partial charge < -0.3 is 5.32 Å². The van der Waals surface area contributed by atoms with E-state index in [9.17, 15) is 0 Å². The zero-order chi connectivity index (χ0) is 12.9. The molecule has 0 radical (unpaired) electrons. The molecule has 3 rings (SSSR count). The Morgan fingerprint density at radius 1 is 1.21 bits per heavy atom. The van der Waals surface area contributed by atoms with Gasteiger partial charge in [0.25, 0.3) is 0 Å². The van der Waals surface area contributed by atoms with Gasteiger partial charge in [0.15, 0.2) is 0 Å². The Labute approximate surface area is 118 Å². The van der Waals surface area contributed by atoms with Gasteiger partial charge in [0.05, 0.1) is 6.54 Å². The topological polar surface area (TPSA) is 29.9 Å². The molecule has 2 heterocycles. The third kappa shape index (κ3) is 3.32. The highest BCUT2D eigenvalue weighted by molar-refractivity contribution is 7.99. The highest BCUT2D eigenvalue weighted by Gasteiger charge is 2.14. The van der Waals surface area contributed by atoms with E-state index in [1.807, 2.05) is 23.1 Å². The SMILES string of the molecule is c1ccc(NC2CCSCC2)c(Cn2cccn2)c1. The van der Waals surface area contributed by atoms with E-state index in [-0.39, 0.29) is 0 Å². The molecular weight excluding hydrogens is 254 g/mol. The summed E-state index contributed by atoms with van der Waals surface area (Å²) in [6.45, 7) is 0.831. The monoisotopic (exact) mass is 273 g/mol. The Morgan fingerprint density at radius 3 is 2.84 bits per heavy atom. The quantitative estimate of drug-likeness (QED) is 0.927. The lowest BCUT2D eigenvalue weighted by atomic mass is 10.1. The lowest BCUT2D eigenvalue weighted by molar-refractivity contribution is 0.658. The fourth-order valence-electron chi connectivity index (χ4n) is 2.43. The predicted octanol–water partition coefficient (Wildman–Crippen LogP) is 3.24. The van der Waals surface area contributed by atoms with Crippen molar-refractivity contribution in [3.63, 3.8) is 0 Å². The average molecular weight is 273 g/mol. The second kappa shape index (κ2) is 6.15. The van der Waals surface area contributed by atoms with Crippen molar-refractivity contribution in [3.05, 3.63) is 48.3 Å².